The number of carbonyl (C=O) groups is 1. The third kappa shape index (κ3) is 8.03. The van der Waals surface area contributed by atoms with E-state index in [1.54, 1.807) is 30.0 Å². The first-order chi connectivity index (χ1) is 16.5. The number of amides is 1. The minimum Gasteiger partial charge on any atom is -0.349 e. The van der Waals surface area contributed by atoms with Crippen molar-refractivity contribution in [1.82, 2.24) is 20.1 Å². The molecule has 1 amide bonds. The summed E-state index contributed by atoms with van der Waals surface area (Å²) >= 11 is 14.4. The molecule has 34 heavy (non-hydrogen) atoms. The average molecular weight is 520 g/mol. The van der Waals surface area contributed by atoms with Crippen LogP contribution in [0.4, 0.5) is 0 Å². The summed E-state index contributed by atoms with van der Waals surface area (Å²) in [6, 6.07) is 13.7. The van der Waals surface area contributed by atoms with Gasteiger partial charge in [0.25, 0.3) is 0 Å². The van der Waals surface area contributed by atoms with Gasteiger partial charge in [0.05, 0.1) is 17.3 Å². The molecule has 0 radical (unpaired) electrons. The lowest BCUT2D eigenvalue weighted by atomic mass is 10.1. The molecule has 1 aromatic heterocycles. The summed E-state index contributed by atoms with van der Waals surface area (Å²) in [5.41, 5.74) is 3.11. The van der Waals surface area contributed by atoms with Crippen LogP contribution < -0.4 is 5.32 Å². The number of nitrogens with zero attached hydrogens (tertiary/aromatic N) is 3. The summed E-state index contributed by atoms with van der Waals surface area (Å²) in [5, 5.41) is 13.6. The fraction of sp³-hybridized carbons (Fsp3) is 0.423. The first-order valence-corrected chi connectivity index (χ1v) is 13.6. The van der Waals surface area contributed by atoms with Crippen LogP contribution in [0.15, 0.2) is 47.6 Å². The second-order valence-corrected chi connectivity index (χ2v) is 10.2. The van der Waals surface area contributed by atoms with E-state index in [1.165, 1.54) is 36.8 Å². The number of nitrogens with one attached hydrogen (secondary N) is 1. The minimum atomic E-state index is 0.0243. The molecule has 0 saturated carbocycles. The summed E-state index contributed by atoms with van der Waals surface area (Å²) < 4.78 is 1.89. The van der Waals surface area contributed by atoms with Gasteiger partial charge < -0.3 is 5.32 Å². The number of unbranched alkanes of at least 4 members (excludes halogenated alkanes) is 5. The van der Waals surface area contributed by atoms with E-state index in [-0.39, 0.29) is 12.5 Å². The Hall–Kier alpha value is -2.02. The van der Waals surface area contributed by atoms with Crippen LogP contribution in [-0.4, -0.2) is 20.7 Å². The largest absolute Gasteiger partial charge is 0.349 e. The van der Waals surface area contributed by atoms with Crippen LogP contribution in [0.3, 0.4) is 0 Å². The van der Waals surface area contributed by atoms with Crippen LogP contribution in [0.2, 0.25) is 10.0 Å². The molecule has 0 saturated heterocycles. The number of thioether (sulfide) groups is 1. The maximum Gasteiger partial charge on any atom is 0.220 e. The van der Waals surface area contributed by atoms with Crippen LogP contribution in [0.1, 0.15) is 68.8 Å². The first-order valence-electron chi connectivity index (χ1n) is 11.8. The van der Waals surface area contributed by atoms with Gasteiger partial charge in [-0.3, -0.25) is 9.36 Å². The summed E-state index contributed by atoms with van der Waals surface area (Å²) in [4.78, 5) is 12.4. The fourth-order valence-corrected chi connectivity index (χ4v) is 4.96. The van der Waals surface area contributed by atoms with Gasteiger partial charge in [-0.05, 0) is 37.1 Å². The van der Waals surface area contributed by atoms with Crippen molar-refractivity contribution < 1.29 is 4.79 Å². The van der Waals surface area contributed by atoms with Crippen molar-refractivity contribution in [3.05, 3.63) is 69.5 Å². The standard InChI is InChI=1S/C26H32Cl2N4OS/c1-3-4-5-6-7-8-12-25(33)29-17-24-30-31-26(34-18-20-11-9-10-19(2)15-20)32(24)23-16-21(27)13-14-22(23)28/h9-11,13-16H,3-8,12,17-18H2,1-2H3,(H,29,33). The number of aryl methyl sites for hydroxylation is 1. The van der Waals surface area contributed by atoms with Crippen molar-refractivity contribution >= 4 is 40.9 Å². The van der Waals surface area contributed by atoms with E-state index < -0.39 is 0 Å². The summed E-state index contributed by atoms with van der Waals surface area (Å²) in [6.07, 6.45) is 7.42. The zero-order valence-electron chi connectivity index (χ0n) is 19.8. The molecule has 2 aromatic carbocycles. The lowest BCUT2D eigenvalue weighted by Gasteiger charge is -2.13. The molecule has 0 bridgehead atoms. The maximum atomic E-state index is 12.4. The van der Waals surface area contributed by atoms with E-state index >= 15 is 0 Å². The predicted molar refractivity (Wildman–Crippen MR) is 142 cm³/mol. The SMILES string of the molecule is CCCCCCCCC(=O)NCc1nnc(SCc2cccc(C)c2)n1-c1cc(Cl)ccc1Cl. The van der Waals surface area contributed by atoms with Crippen molar-refractivity contribution in [3.63, 3.8) is 0 Å². The van der Waals surface area contributed by atoms with E-state index in [0.29, 0.717) is 33.1 Å². The van der Waals surface area contributed by atoms with Gasteiger partial charge in [0.2, 0.25) is 5.91 Å². The Morgan fingerprint density at radius 2 is 1.82 bits per heavy atom. The maximum absolute atomic E-state index is 12.4. The monoisotopic (exact) mass is 518 g/mol. The second kappa shape index (κ2) is 13.8. The Balaban J connectivity index is 1.70. The van der Waals surface area contributed by atoms with Gasteiger partial charge in [-0.15, -0.1) is 10.2 Å². The third-order valence-corrected chi connectivity index (χ3v) is 7.06. The van der Waals surface area contributed by atoms with E-state index in [9.17, 15) is 4.79 Å². The highest BCUT2D eigenvalue weighted by Gasteiger charge is 2.18. The van der Waals surface area contributed by atoms with Gasteiger partial charge in [0.1, 0.15) is 0 Å². The number of aromatic nitrogens is 3. The molecular formula is C26H32Cl2N4OS. The normalized spacial score (nSPS) is 11.1. The molecule has 0 fully saturated rings. The van der Waals surface area contributed by atoms with E-state index in [1.807, 2.05) is 4.57 Å². The molecule has 5 nitrogen and oxygen atoms in total. The Kier molecular flexibility index (Phi) is 10.8. The van der Waals surface area contributed by atoms with Gasteiger partial charge in [0, 0.05) is 17.2 Å². The van der Waals surface area contributed by atoms with Gasteiger partial charge >= 0.3 is 0 Å². The van der Waals surface area contributed by atoms with Crippen LogP contribution >= 0.6 is 35.0 Å². The van der Waals surface area contributed by atoms with Gasteiger partial charge in [-0.25, -0.2) is 0 Å². The van der Waals surface area contributed by atoms with Gasteiger partial charge in [-0.1, -0.05) is 104 Å². The number of hydrogen-bond acceptors (Lipinski definition) is 4. The lowest BCUT2D eigenvalue weighted by molar-refractivity contribution is -0.121. The van der Waals surface area contributed by atoms with Gasteiger partial charge in [0.15, 0.2) is 11.0 Å². The van der Waals surface area contributed by atoms with E-state index in [4.69, 9.17) is 23.2 Å². The number of carbonyl (C=O) groups excluding carboxylic acids is 1. The molecule has 3 aromatic rings. The predicted octanol–water partition coefficient (Wildman–Crippen LogP) is 7.54. The van der Waals surface area contributed by atoms with E-state index in [0.717, 1.165) is 18.6 Å². The van der Waals surface area contributed by atoms with E-state index in [2.05, 4.69) is 53.6 Å². The topological polar surface area (TPSA) is 59.8 Å². The molecule has 182 valence electrons. The van der Waals surface area contributed by atoms with Gasteiger partial charge in [-0.2, -0.15) is 0 Å². The zero-order chi connectivity index (χ0) is 24.3. The van der Waals surface area contributed by atoms with Crippen molar-refractivity contribution in [3.8, 4) is 5.69 Å². The molecule has 0 aliphatic carbocycles. The second-order valence-electron chi connectivity index (χ2n) is 8.40. The highest BCUT2D eigenvalue weighted by atomic mass is 35.5. The number of hydrogen-bond donors (Lipinski definition) is 1. The molecule has 0 aliphatic heterocycles. The average Bonchev–Trinajstić information content (AvgIpc) is 3.22. The molecule has 0 atom stereocenters. The fourth-order valence-electron chi connectivity index (χ4n) is 3.69. The highest BCUT2D eigenvalue weighted by Crippen LogP contribution is 2.31. The van der Waals surface area contributed by atoms with Crippen LogP contribution in [-0.2, 0) is 17.1 Å². The van der Waals surface area contributed by atoms with Crippen LogP contribution in [0.25, 0.3) is 5.69 Å². The summed E-state index contributed by atoms with van der Waals surface area (Å²) in [7, 11) is 0. The Labute approximate surface area is 216 Å². The number of halogens is 2. The van der Waals surface area contributed by atoms with Crippen molar-refractivity contribution in [2.45, 2.75) is 76.2 Å². The molecule has 0 unspecified atom stereocenters. The summed E-state index contributed by atoms with van der Waals surface area (Å²) in [6.45, 7) is 4.55. The van der Waals surface area contributed by atoms with Crippen LogP contribution in [0.5, 0.6) is 0 Å². The highest BCUT2D eigenvalue weighted by molar-refractivity contribution is 7.98. The quantitative estimate of drug-likeness (QED) is 0.187. The first kappa shape index (κ1) is 26.6. The number of benzene rings is 2. The Morgan fingerprint density at radius 1 is 1.03 bits per heavy atom. The molecule has 0 aliphatic rings. The Bertz CT molecular complexity index is 1090. The summed E-state index contributed by atoms with van der Waals surface area (Å²) in [5.74, 6) is 1.38. The lowest BCUT2D eigenvalue weighted by Crippen LogP contribution is -2.24. The van der Waals surface area contributed by atoms with Crippen molar-refractivity contribution in [2.75, 3.05) is 0 Å². The molecule has 1 N–H and O–H groups in total. The third-order valence-electron chi connectivity index (χ3n) is 5.50. The van der Waals surface area contributed by atoms with Crippen molar-refractivity contribution in [2.24, 2.45) is 0 Å². The molecular weight excluding hydrogens is 487 g/mol. The molecule has 3 rings (SSSR count). The molecule has 0 spiro atoms. The molecule has 8 heteroatoms. The Morgan fingerprint density at radius 3 is 2.62 bits per heavy atom. The number of rotatable bonds is 13. The molecule has 1 heterocycles. The van der Waals surface area contributed by atoms with Crippen LogP contribution in [0, 0.1) is 6.92 Å². The zero-order valence-corrected chi connectivity index (χ0v) is 22.1. The smallest absolute Gasteiger partial charge is 0.220 e. The van der Waals surface area contributed by atoms with Crippen molar-refractivity contribution in [1.29, 1.82) is 0 Å². The minimum absolute atomic E-state index is 0.0243.